The van der Waals surface area contributed by atoms with Gasteiger partial charge >= 0.3 is 0 Å². The second-order valence-corrected chi connectivity index (χ2v) is 8.08. The van der Waals surface area contributed by atoms with Gasteiger partial charge in [-0.05, 0) is 26.8 Å². The number of hydrogen-bond donors (Lipinski definition) is 0. The van der Waals surface area contributed by atoms with Gasteiger partial charge in [-0.1, -0.05) is 15.9 Å². The summed E-state index contributed by atoms with van der Waals surface area (Å²) in [6.07, 6.45) is 0.866. The van der Waals surface area contributed by atoms with E-state index in [2.05, 4.69) is 25.9 Å². The molecule has 2 rings (SSSR count). The van der Waals surface area contributed by atoms with Crippen molar-refractivity contribution in [1.82, 2.24) is 19.0 Å². The van der Waals surface area contributed by atoms with Crippen LogP contribution in [0, 0.1) is 13.8 Å². The molecule has 8 heteroatoms. The van der Waals surface area contributed by atoms with Gasteiger partial charge in [0, 0.05) is 38.6 Å². The lowest BCUT2D eigenvalue weighted by Crippen LogP contribution is -2.36. The van der Waals surface area contributed by atoms with Crippen molar-refractivity contribution in [3.05, 3.63) is 11.4 Å². The Balaban J connectivity index is 2.24. The van der Waals surface area contributed by atoms with E-state index in [1.165, 1.54) is 0 Å². The quantitative estimate of drug-likeness (QED) is 0.736. The lowest BCUT2D eigenvalue weighted by molar-refractivity contribution is 0.305. The number of sulfonamides is 1. The summed E-state index contributed by atoms with van der Waals surface area (Å²) in [5, 5.41) is 5.15. The molecule has 21 heavy (non-hydrogen) atoms. The van der Waals surface area contributed by atoms with Crippen molar-refractivity contribution in [3.63, 3.8) is 0 Å². The minimum atomic E-state index is -3.45. The van der Waals surface area contributed by atoms with Gasteiger partial charge < -0.3 is 4.90 Å². The highest BCUT2D eigenvalue weighted by Crippen LogP contribution is 2.23. The molecular weight excluding hydrogens is 356 g/mol. The maximum absolute atomic E-state index is 12.9. The molecule has 0 atom stereocenters. The summed E-state index contributed by atoms with van der Waals surface area (Å²) in [5.74, 6) is 0. The first-order chi connectivity index (χ1) is 9.87. The zero-order valence-electron chi connectivity index (χ0n) is 12.8. The second kappa shape index (κ2) is 6.76. The fourth-order valence-electron chi connectivity index (χ4n) is 2.79. The number of aryl methyl sites for hydroxylation is 2. The van der Waals surface area contributed by atoms with Gasteiger partial charge in [0.15, 0.2) is 0 Å². The predicted octanol–water partition coefficient (Wildman–Crippen LogP) is 1.13. The van der Waals surface area contributed by atoms with Crippen LogP contribution in [0.1, 0.15) is 17.8 Å². The molecule has 0 unspecified atom stereocenters. The second-order valence-electron chi connectivity index (χ2n) is 5.41. The Hall–Kier alpha value is -0.440. The Morgan fingerprint density at radius 3 is 2.48 bits per heavy atom. The Bertz CT molecular complexity index is 600. The molecule has 0 aromatic carbocycles. The molecule has 0 aliphatic carbocycles. The minimum absolute atomic E-state index is 0.374. The van der Waals surface area contributed by atoms with Crippen molar-refractivity contribution in [1.29, 1.82) is 0 Å². The lowest BCUT2D eigenvalue weighted by Gasteiger charge is -2.21. The van der Waals surface area contributed by atoms with Crippen LogP contribution in [0.25, 0.3) is 0 Å². The van der Waals surface area contributed by atoms with Crippen LogP contribution in [0.4, 0.5) is 0 Å². The fourth-order valence-corrected chi connectivity index (χ4v) is 5.16. The molecular formula is C13H23BrN4O2S. The van der Waals surface area contributed by atoms with Crippen molar-refractivity contribution in [2.45, 2.75) is 25.2 Å². The van der Waals surface area contributed by atoms with E-state index in [0.29, 0.717) is 29.4 Å². The highest BCUT2D eigenvalue weighted by atomic mass is 79.9. The Morgan fingerprint density at radius 1 is 1.19 bits per heavy atom. The number of halogens is 1. The molecule has 1 aliphatic heterocycles. The summed E-state index contributed by atoms with van der Waals surface area (Å²) < 4.78 is 29.1. The average Bonchev–Trinajstić information content (AvgIpc) is 2.58. The molecule has 0 bridgehead atoms. The molecule has 6 nitrogen and oxygen atoms in total. The van der Waals surface area contributed by atoms with Gasteiger partial charge in [-0.3, -0.25) is 4.68 Å². The average molecular weight is 379 g/mol. The lowest BCUT2D eigenvalue weighted by atomic mass is 10.4. The van der Waals surface area contributed by atoms with Crippen LogP contribution >= 0.6 is 15.9 Å². The highest BCUT2D eigenvalue weighted by Gasteiger charge is 2.31. The summed E-state index contributed by atoms with van der Waals surface area (Å²) >= 11 is 3.44. The van der Waals surface area contributed by atoms with Crippen molar-refractivity contribution in [2.75, 3.05) is 38.1 Å². The summed E-state index contributed by atoms with van der Waals surface area (Å²) in [4.78, 5) is 2.67. The zero-order valence-corrected chi connectivity index (χ0v) is 15.2. The molecule has 0 N–H and O–H groups in total. The van der Waals surface area contributed by atoms with Gasteiger partial charge in [0.25, 0.3) is 0 Å². The van der Waals surface area contributed by atoms with Crippen molar-refractivity contribution in [2.24, 2.45) is 7.05 Å². The van der Waals surface area contributed by atoms with E-state index in [-0.39, 0.29) is 0 Å². The van der Waals surface area contributed by atoms with Gasteiger partial charge in [-0.2, -0.15) is 9.40 Å². The smallest absolute Gasteiger partial charge is 0.246 e. The van der Waals surface area contributed by atoms with E-state index in [0.717, 1.165) is 31.4 Å². The summed E-state index contributed by atoms with van der Waals surface area (Å²) in [5.41, 5.74) is 1.28. The molecule has 120 valence electrons. The Labute approximate surface area is 135 Å². The van der Waals surface area contributed by atoms with Crippen molar-refractivity contribution < 1.29 is 8.42 Å². The third-order valence-corrected chi connectivity index (χ3v) is 6.50. The fraction of sp³-hybridized carbons (Fsp3) is 0.769. The van der Waals surface area contributed by atoms with Crippen molar-refractivity contribution in [3.8, 4) is 0 Å². The predicted molar refractivity (Wildman–Crippen MR) is 86.3 cm³/mol. The number of rotatable bonds is 4. The van der Waals surface area contributed by atoms with Crippen LogP contribution in [0.5, 0.6) is 0 Å². The first-order valence-corrected chi connectivity index (χ1v) is 9.72. The largest absolute Gasteiger partial charge is 0.301 e. The van der Waals surface area contributed by atoms with Gasteiger partial charge in [-0.15, -0.1) is 0 Å². The number of nitrogens with zero attached hydrogens (tertiary/aromatic N) is 4. The third-order valence-electron chi connectivity index (χ3n) is 3.99. The SMILES string of the molecule is Cc1nn(C)c(C)c1S(=O)(=O)N1CCCN(CCBr)CC1. The van der Waals surface area contributed by atoms with Crippen LogP contribution in [-0.2, 0) is 17.1 Å². The van der Waals surface area contributed by atoms with E-state index in [1.807, 2.05) is 6.92 Å². The first kappa shape index (κ1) is 16.9. The number of hydrogen-bond acceptors (Lipinski definition) is 4. The van der Waals surface area contributed by atoms with Gasteiger partial charge in [0.05, 0.1) is 11.4 Å². The summed E-state index contributed by atoms with van der Waals surface area (Å²) in [6, 6.07) is 0. The zero-order chi connectivity index (χ0) is 15.6. The van der Waals surface area contributed by atoms with E-state index in [9.17, 15) is 8.42 Å². The highest BCUT2D eigenvalue weighted by molar-refractivity contribution is 9.09. The molecule has 2 heterocycles. The summed E-state index contributed by atoms with van der Waals surface area (Å²) in [7, 11) is -1.67. The maximum Gasteiger partial charge on any atom is 0.246 e. The van der Waals surface area contributed by atoms with Crippen LogP contribution < -0.4 is 0 Å². The molecule has 1 fully saturated rings. The van der Waals surface area contributed by atoms with Gasteiger partial charge in [-0.25, -0.2) is 8.42 Å². The standard InChI is InChI=1S/C13H23BrN4O2S/c1-11-13(12(2)16(3)15-11)21(19,20)18-7-4-6-17(8-5-14)9-10-18/h4-10H2,1-3H3. The normalized spacial score (nSPS) is 18.9. The Kier molecular flexibility index (Phi) is 5.45. The van der Waals surface area contributed by atoms with Gasteiger partial charge in [0.2, 0.25) is 10.0 Å². The van der Waals surface area contributed by atoms with Crippen molar-refractivity contribution >= 4 is 26.0 Å². The molecule has 0 saturated carbocycles. The topological polar surface area (TPSA) is 58.4 Å². The van der Waals surface area contributed by atoms with Crippen LogP contribution in [-0.4, -0.2) is 65.5 Å². The van der Waals surface area contributed by atoms with E-state index in [4.69, 9.17) is 0 Å². The van der Waals surface area contributed by atoms with E-state index >= 15 is 0 Å². The van der Waals surface area contributed by atoms with Crippen LogP contribution in [0.2, 0.25) is 0 Å². The molecule has 0 radical (unpaired) electrons. The molecule has 0 amide bonds. The number of aromatic nitrogens is 2. The molecule has 0 spiro atoms. The summed E-state index contributed by atoms with van der Waals surface area (Å²) in [6.45, 7) is 7.37. The maximum atomic E-state index is 12.9. The first-order valence-electron chi connectivity index (χ1n) is 7.16. The van der Waals surface area contributed by atoms with Crippen LogP contribution in [0.3, 0.4) is 0 Å². The Morgan fingerprint density at radius 2 is 1.90 bits per heavy atom. The molecule has 1 aromatic heterocycles. The van der Waals surface area contributed by atoms with E-state index in [1.54, 1.807) is 23.0 Å². The van der Waals surface area contributed by atoms with Gasteiger partial charge in [0.1, 0.15) is 4.90 Å². The number of alkyl halides is 1. The van der Waals surface area contributed by atoms with E-state index < -0.39 is 10.0 Å². The van der Waals surface area contributed by atoms with Crippen LogP contribution in [0.15, 0.2) is 4.90 Å². The minimum Gasteiger partial charge on any atom is -0.301 e. The monoisotopic (exact) mass is 378 g/mol. The third kappa shape index (κ3) is 3.49. The molecule has 1 aliphatic rings. The molecule has 1 aromatic rings. The molecule has 1 saturated heterocycles.